The van der Waals surface area contributed by atoms with Crippen LogP contribution in [0.1, 0.15) is 25.0 Å². The van der Waals surface area contributed by atoms with Crippen LogP contribution in [-0.4, -0.2) is 14.5 Å². The molecule has 3 aromatic carbocycles. The minimum absolute atomic E-state index is 0. The van der Waals surface area contributed by atoms with E-state index >= 15 is 0 Å². The molecule has 171 valence electrons. The van der Waals surface area contributed by atoms with Crippen LogP contribution in [0, 0.1) is 19.1 Å². The molecule has 1 radical (unpaired) electrons. The Hall–Kier alpha value is -3.33. The van der Waals surface area contributed by atoms with Crippen LogP contribution in [0.5, 0.6) is 0 Å². The largest absolute Gasteiger partial charge is 0.355 e. The van der Waals surface area contributed by atoms with E-state index in [1.54, 1.807) is 6.20 Å². The quantitative estimate of drug-likeness (QED) is 0.197. The second kappa shape index (κ2) is 9.88. The van der Waals surface area contributed by atoms with Crippen LogP contribution in [0.25, 0.3) is 39.8 Å². The Balaban J connectivity index is 0.000000180. The number of allylic oxidation sites excluding steroid dienone is 1. The molecule has 34 heavy (non-hydrogen) atoms. The number of nitrogens with zero attached hydrogens (tertiary/aromatic N) is 3. The van der Waals surface area contributed by atoms with Crippen molar-refractivity contribution in [3.63, 3.8) is 0 Å². The maximum absolute atomic E-state index is 4.88. The summed E-state index contributed by atoms with van der Waals surface area (Å²) in [4.78, 5) is 9.10. The van der Waals surface area contributed by atoms with Crippen LogP contribution in [0.4, 0.5) is 0 Å². The van der Waals surface area contributed by atoms with Gasteiger partial charge in [-0.1, -0.05) is 30.4 Å². The third-order valence-electron chi connectivity index (χ3n) is 5.91. The van der Waals surface area contributed by atoms with Gasteiger partial charge in [-0.3, -0.25) is 4.98 Å². The number of benzene rings is 3. The standard InChI is InChI=1S/C19H17N2.C11H8N.Ir/c1-13-9-10-16-17-15(13)11-12-19(2,3)21(17)18(20-16)14-7-5-4-6-8-14;1-2-6-10(7-3-1)11-8-4-5-9-12-11;/h4-7,9-12H,1-3H3;1-6,8-9H;/q2*-1;. The fraction of sp³-hybridized carbons (Fsp3) is 0.133. The van der Waals surface area contributed by atoms with E-state index in [4.69, 9.17) is 4.98 Å². The number of aromatic nitrogens is 3. The summed E-state index contributed by atoms with van der Waals surface area (Å²) in [6.45, 7) is 6.60. The fourth-order valence-electron chi connectivity index (χ4n) is 4.21. The van der Waals surface area contributed by atoms with E-state index in [0.717, 1.165) is 28.2 Å². The van der Waals surface area contributed by atoms with Gasteiger partial charge < -0.3 is 9.55 Å². The molecule has 0 unspecified atom stereocenters. The first-order chi connectivity index (χ1) is 16.0. The molecule has 3 nitrogen and oxygen atoms in total. The monoisotopic (exact) mass is 620 g/mol. The number of pyridine rings is 1. The summed E-state index contributed by atoms with van der Waals surface area (Å²) in [6, 6.07) is 32.4. The molecule has 0 saturated heterocycles. The van der Waals surface area contributed by atoms with E-state index < -0.39 is 0 Å². The van der Waals surface area contributed by atoms with Crippen molar-refractivity contribution < 1.29 is 20.1 Å². The summed E-state index contributed by atoms with van der Waals surface area (Å²) in [5, 5.41) is 0. The summed E-state index contributed by atoms with van der Waals surface area (Å²) in [6.07, 6.45) is 6.28. The third kappa shape index (κ3) is 4.52. The molecular weight excluding hydrogens is 595 g/mol. The molecule has 6 rings (SSSR count). The Bertz CT molecular complexity index is 1380. The van der Waals surface area contributed by atoms with Crippen LogP contribution < -0.4 is 0 Å². The maximum Gasteiger partial charge on any atom is 0.0777 e. The molecular formula is C30H25IrN3-2. The third-order valence-corrected chi connectivity index (χ3v) is 5.91. The molecule has 0 atom stereocenters. The normalized spacial score (nSPS) is 13.0. The van der Waals surface area contributed by atoms with Gasteiger partial charge in [0.05, 0.1) is 22.4 Å². The molecule has 3 heterocycles. The van der Waals surface area contributed by atoms with Crippen LogP contribution in [0.2, 0.25) is 0 Å². The zero-order chi connectivity index (χ0) is 22.8. The Morgan fingerprint density at radius 3 is 2.18 bits per heavy atom. The fourth-order valence-corrected chi connectivity index (χ4v) is 4.21. The second-order valence-electron chi connectivity index (χ2n) is 8.69. The minimum atomic E-state index is -0.0887. The molecule has 1 aliphatic heterocycles. The van der Waals surface area contributed by atoms with Crippen molar-refractivity contribution >= 4 is 17.1 Å². The number of hydrogen-bond donors (Lipinski definition) is 0. The molecule has 4 heteroatoms. The Morgan fingerprint density at radius 1 is 0.824 bits per heavy atom. The van der Waals surface area contributed by atoms with E-state index in [9.17, 15) is 0 Å². The summed E-state index contributed by atoms with van der Waals surface area (Å²) in [5.74, 6) is 0.992. The van der Waals surface area contributed by atoms with Gasteiger partial charge in [-0.2, -0.15) is 0 Å². The van der Waals surface area contributed by atoms with Crippen molar-refractivity contribution in [2.75, 3.05) is 0 Å². The van der Waals surface area contributed by atoms with Crippen LogP contribution in [0.3, 0.4) is 0 Å². The van der Waals surface area contributed by atoms with Crippen molar-refractivity contribution in [1.29, 1.82) is 0 Å². The summed E-state index contributed by atoms with van der Waals surface area (Å²) >= 11 is 0. The van der Waals surface area contributed by atoms with Gasteiger partial charge in [0.1, 0.15) is 0 Å². The first kappa shape index (κ1) is 23.8. The topological polar surface area (TPSA) is 30.7 Å². The molecule has 0 aliphatic carbocycles. The minimum Gasteiger partial charge on any atom is -0.355 e. The number of hydrogen-bond acceptors (Lipinski definition) is 2. The van der Waals surface area contributed by atoms with Gasteiger partial charge in [0.2, 0.25) is 0 Å². The van der Waals surface area contributed by atoms with Crippen molar-refractivity contribution in [2.45, 2.75) is 26.3 Å². The Labute approximate surface area is 214 Å². The second-order valence-corrected chi connectivity index (χ2v) is 8.69. The van der Waals surface area contributed by atoms with Gasteiger partial charge >= 0.3 is 0 Å². The molecule has 0 spiro atoms. The van der Waals surface area contributed by atoms with E-state index in [1.807, 2.05) is 60.7 Å². The Morgan fingerprint density at radius 2 is 1.53 bits per heavy atom. The van der Waals surface area contributed by atoms with E-state index in [2.05, 4.69) is 72.8 Å². The van der Waals surface area contributed by atoms with Gasteiger partial charge in [0.15, 0.2) is 0 Å². The summed E-state index contributed by atoms with van der Waals surface area (Å²) in [5.41, 5.74) is 7.82. The van der Waals surface area contributed by atoms with E-state index in [0.29, 0.717) is 0 Å². The van der Waals surface area contributed by atoms with Crippen molar-refractivity contribution in [1.82, 2.24) is 14.5 Å². The molecule has 2 aromatic heterocycles. The number of imidazole rings is 1. The first-order valence-corrected chi connectivity index (χ1v) is 11.1. The predicted molar refractivity (Wildman–Crippen MR) is 136 cm³/mol. The van der Waals surface area contributed by atoms with Crippen LogP contribution >= 0.6 is 0 Å². The Kier molecular flexibility index (Phi) is 6.92. The molecule has 5 aromatic rings. The molecule has 1 aliphatic rings. The predicted octanol–water partition coefficient (Wildman–Crippen LogP) is 7.12. The van der Waals surface area contributed by atoms with Gasteiger partial charge in [0, 0.05) is 31.9 Å². The zero-order valence-electron chi connectivity index (χ0n) is 19.4. The summed E-state index contributed by atoms with van der Waals surface area (Å²) < 4.78 is 2.34. The zero-order valence-corrected chi connectivity index (χ0v) is 21.8. The number of rotatable bonds is 2. The average Bonchev–Trinajstić information content (AvgIpc) is 3.27. The van der Waals surface area contributed by atoms with Crippen molar-refractivity contribution in [3.05, 3.63) is 114 Å². The van der Waals surface area contributed by atoms with Crippen LogP contribution in [-0.2, 0) is 25.6 Å². The number of aryl methyl sites for hydroxylation is 1. The molecule has 0 saturated carbocycles. The van der Waals surface area contributed by atoms with E-state index in [1.165, 1.54) is 16.6 Å². The molecule has 0 N–H and O–H groups in total. The van der Waals surface area contributed by atoms with Crippen LogP contribution in [0.15, 0.2) is 91.1 Å². The summed E-state index contributed by atoms with van der Waals surface area (Å²) in [7, 11) is 0. The van der Waals surface area contributed by atoms with Gasteiger partial charge in [-0.25, -0.2) is 0 Å². The molecule has 0 bridgehead atoms. The molecule has 0 amide bonds. The maximum atomic E-state index is 4.88. The van der Waals surface area contributed by atoms with Crippen molar-refractivity contribution in [2.24, 2.45) is 0 Å². The molecule has 0 fully saturated rings. The first-order valence-electron chi connectivity index (χ1n) is 11.1. The van der Waals surface area contributed by atoms with Gasteiger partial charge in [-0.05, 0) is 44.2 Å². The average molecular weight is 620 g/mol. The smallest absolute Gasteiger partial charge is 0.0777 e. The van der Waals surface area contributed by atoms with E-state index in [-0.39, 0.29) is 25.6 Å². The van der Waals surface area contributed by atoms with Gasteiger partial charge in [-0.15, -0.1) is 71.8 Å². The van der Waals surface area contributed by atoms with Crippen molar-refractivity contribution in [3.8, 4) is 22.6 Å². The van der Waals surface area contributed by atoms with Gasteiger partial charge in [0.25, 0.3) is 0 Å². The SMILES string of the molecule is Cc1ccc2nc(-c3[c-]cccc3)n3c2c1C=CC3(C)C.[Ir].[c-]1ccccc1-c1ccccn1.